The molecule has 1 heterocycles. The number of nitrogens with zero attached hydrogens (tertiary/aromatic N) is 1. The Morgan fingerprint density at radius 1 is 1.32 bits per heavy atom. The minimum Gasteiger partial charge on any atom is -0.266 e. The molecular formula is C21H26N2OS. The number of amides is 1. The lowest BCUT2D eigenvalue weighted by Gasteiger charge is -2.16. The molecule has 132 valence electrons. The van der Waals surface area contributed by atoms with E-state index >= 15 is 0 Å². The predicted octanol–water partition coefficient (Wildman–Crippen LogP) is 5.05. The summed E-state index contributed by atoms with van der Waals surface area (Å²) in [7, 11) is 0. The molecule has 0 saturated carbocycles. The Labute approximate surface area is 154 Å². The standard InChI is InChI=1S/C21H26N2OS/c1-14(2)11-18(16-7-5-4-6-8-16)22-23-21(24)20-13-17-12-15(3)9-10-19(17)25-20/h4-8,13-15H,9-12H2,1-3H3,(H,23,24)/b22-18-/t15-/m0/s1. The van der Waals surface area contributed by atoms with Crippen LogP contribution in [-0.4, -0.2) is 11.6 Å². The van der Waals surface area contributed by atoms with E-state index in [9.17, 15) is 4.79 Å². The fraction of sp³-hybridized carbons (Fsp3) is 0.429. The van der Waals surface area contributed by atoms with Crippen LogP contribution in [0.1, 0.15) is 59.3 Å². The van der Waals surface area contributed by atoms with Crippen molar-refractivity contribution >= 4 is 23.0 Å². The summed E-state index contributed by atoms with van der Waals surface area (Å²) in [6.07, 6.45) is 4.24. The zero-order valence-electron chi connectivity index (χ0n) is 15.2. The molecule has 2 aromatic rings. The number of rotatable bonds is 5. The zero-order valence-corrected chi connectivity index (χ0v) is 16.0. The Morgan fingerprint density at radius 3 is 2.80 bits per heavy atom. The Morgan fingerprint density at radius 2 is 2.08 bits per heavy atom. The molecule has 1 aliphatic rings. The third-order valence-electron chi connectivity index (χ3n) is 4.55. The molecule has 3 nitrogen and oxygen atoms in total. The highest BCUT2D eigenvalue weighted by atomic mass is 32.1. The molecule has 0 aliphatic heterocycles. The monoisotopic (exact) mass is 354 g/mol. The summed E-state index contributed by atoms with van der Waals surface area (Å²) in [5, 5.41) is 4.46. The van der Waals surface area contributed by atoms with Crippen molar-refractivity contribution < 1.29 is 4.79 Å². The van der Waals surface area contributed by atoms with Crippen molar-refractivity contribution in [1.82, 2.24) is 5.43 Å². The molecule has 1 N–H and O–H groups in total. The van der Waals surface area contributed by atoms with E-state index in [1.165, 1.54) is 16.9 Å². The molecule has 25 heavy (non-hydrogen) atoms. The Hall–Kier alpha value is -1.94. The maximum Gasteiger partial charge on any atom is 0.281 e. The number of hydrazone groups is 1. The van der Waals surface area contributed by atoms with Crippen molar-refractivity contribution in [3.63, 3.8) is 0 Å². The van der Waals surface area contributed by atoms with Crippen molar-refractivity contribution in [3.8, 4) is 0 Å². The highest BCUT2D eigenvalue weighted by molar-refractivity contribution is 7.14. The number of carbonyl (C=O) groups is 1. The van der Waals surface area contributed by atoms with E-state index in [4.69, 9.17) is 0 Å². The van der Waals surface area contributed by atoms with Gasteiger partial charge in [-0.1, -0.05) is 51.1 Å². The summed E-state index contributed by atoms with van der Waals surface area (Å²) >= 11 is 1.63. The molecule has 0 radical (unpaired) electrons. The number of benzene rings is 1. The number of nitrogens with one attached hydrogen (secondary N) is 1. The summed E-state index contributed by atoms with van der Waals surface area (Å²) in [4.78, 5) is 14.7. The summed E-state index contributed by atoms with van der Waals surface area (Å²) in [6.45, 7) is 6.60. The smallest absolute Gasteiger partial charge is 0.266 e. The van der Waals surface area contributed by atoms with E-state index in [1.54, 1.807) is 11.3 Å². The van der Waals surface area contributed by atoms with Gasteiger partial charge < -0.3 is 0 Å². The van der Waals surface area contributed by atoms with Crippen LogP contribution in [-0.2, 0) is 12.8 Å². The topological polar surface area (TPSA) is 41.5 Å². The second-order valence-electron chi connectivity index (χ2n) is 7.37. The fourth-order valence-corrected chi connectivity index (χ4v) is 4.33. The van der Waals surface area contributed by atoms with Crippen LogP contribution in [0.3, 0.4) is 0 Å². The normalized spacial score (nSPS) is 17.4. The van der Waals surface area contributed by atoms with Gasteiger partial charge in [0, 0.05) is 4.88 Å². The second kappa shape index (κ2) is 7.96. The van der Waals surface area contributed by atoms with Gasteiger partial charge in [0.25, 0.3) is 5.91 Å². The molecular weight excluding hydrogens is 328 g/mol. The maximum atomic E-state index is 12.6. The van der Waals surface area contributed by atoms with Crippen molar-refractivity contribution in [2.75, 3.05) is 0 Å². The molecule has 0 unspecified atom stereocenters. The zero-order chi connectivity index (χ0) is 17.8. The van der Waals surface area contributed by atoms with Crippen molar-refractivity contribution in [1.29, 1.82) is 0 Å². The highest BCUT2D eigenvalue weighted by Crippen LogP contribution is 2.32. The first-order valence-electron chi connectivity index (χ1n) is 9.07. The minimum absolute atomic E-state index is 0.0933. The first-order chi connectivity index (χ1) is 12.0. The highest BCUT2D eigenvalue weighted by Gasteiger charge is 2.20. The molecule has 1 amide bonds. The number of fused-ring (bicyclic) bond motifs is 1. The average molecular weight is 355 g/mol. The van der Waals surface area contributed by atoms with Crippen LogP contribution in [0.25, 0.3) is 0 Å². The molecule has 1 aromatic carbocycles. The van der Waals surface area contributed by atoms with E-state index in [2.05, 4.69) is 37.4 Å². The molecule has 0 saturated heterocycles. The quantitative estimate of drug-likeness (QED) is 0.592. The summed E-state index contributed by atoms with van der Waals surface area (Å²) in [5.41, 5.74) is 6.13. The van der Waals surface area contributed by atoms with Gasteiger partial charge in [-0.2, -0.15) is 5.10 Å². The van der Waals surface area contributed by atoms with Gasteiger partial charge in [-0.05, 0) is 54.7 Å². The Balaban J connectivity index is 1.75. The van der Waals surface area contributed by atoms with E-state index in [-0.39, 0.29) is 5.91 Å². The summed E-state index contributed by atoms with van der Waals surface area (Å²) in [6, 6.07) is 12.1. The van der Waals surface area contributed by atoms with E-state index < -0.39 is 0 Å². The third-order valence-corrected chi connectivity index (χ3v) is 5.79. The number of hydrogen-bond acceptors (Lipinski definition) is 3. The number of thiophene rings is 1. The molecule has 0 fully saturated rings. The van der Waals surface area contributed by atoms with Crippen LogP contribution in [0.4, 0.5) is 0 Å². The Bertz CT molecular complexity index is 761. The van der Waals surface area contributed by atoms with Gasteiger partial charge >= 0.3 is 0 Å². The number of carbonyl (C=O) groups excluding carboxylic acids is 1. The van der Waals surface area contributed by atoms with Crippen molar-refractivity contribution in [2.24, 2.45) is 16.9 Å². The number of hydrogen-bond donors (Lipinski definition) is 1. The van der Waals surface area contributed by atoms with Gasteiger partial charge in [0.1, 0.15) is 0 Å². The first-order valence-corrected chi connectivity index (χ1v) is 9.88. The van der Waals surface area contributed by atoms with Gasteiger partial charge in [-0.3, -0.25) is 4.79 Å². The van der Waals surface area contributed by atoms with Crippen LogP contribution in [0.15, 0.2) is 41.5 Å². The van der Waals surface area contributed by atoms with Crippen LogP contribution in [0, 0.1) is 11.8 Å². The van der Waals surface area contributed by atoms with Gasteiger partial charge in [-0.15, -0.1) is 11.3 Å². The van der Waals surface area contributed by atoms with Gasteiger partial charge in [0.05, 0.1) is 10.6 Å². The van der Waals surface area contributed by atoms with Gasteiger partial charge in [0.2, 0.25) is 0 Å². The van der Waals surface area contributed by atoms with Crippen molar-refractivity contribution in [3.05, 3.63) is 57.3 Å². The molecule has 1 aromatic heterocycles. The lowest BCUT2D eigenvalue weighted by atomic mass is 9.90. The molecule has 1 atom stereocenters. The second-order valence-corrected chi connectivity index (χ2v) is 8.51. The SMILES string of the molecule is CC(C)C/C(=N/NC(=O)c1cc2c(s1)CC[C@H](C)C2)c1ccccc1. The third kappa shape index (κ3) is 4.57. The molecule has 4 heteroatoms. The molecule has 1 aliphatic carbocycles. The van der Waals surface area contributed by atoms with Crippen LogP contribution >= 0.6 is 11.3 Å². The summed E-state index contributed by atoms with van der Waals surface area (Å²) < 4.78 is 0. The fourth-order valence-electron chi connectivity index (χ4n) is 3.24. The van der Waals surface area contributed by atoms with Gasteiger partial charge in [0.15, 0.2) is 0 Å². The van der Waals surface area contributed by atoms with Crippen LogP contribution in [0.2, 0.25) is 0 Å². The average Bonchev–Trinajstić information content (AvgIpc) is 3.02. The van der Waals surface area contributed by atoms with Gasteiger partial charge in [-0.25, -0.2) is 5.43 Å². The maximum absolute atomic E-state index is 12.6. The molecule has 0 bridgehead atoms. The molecule has 0 spiro atoms. The number of aryl methyl sites for hydroxylation is 1. The van der Waals surface area contributed by atoms with Crippen LogP contribution in [0.5, 0.6) is 0 Å². The predicted molar refractivity (Wildman–Crippen MR) is 105 cm³/mol. The Kier molecular flexibility index (Phi) is 5.69. The van der Waals surface area contributed by atoms with Crippen LogP contribution < -0.4 is 5.43 Å². The van der Waals surface area contributed by atoms with Crippen molar-refractivity contribution in [2.45, 2.75) is 46.5 Å². The lowest BCUT2D eigenvalue weighted by molar-refractivity contribution is 0.0958. The van der Waals surface area contributed by atoms with E-state index in [0.717, 1.165) is 35.4 Å². The minimum atomic E-state index is -0.0933. The first kappa shape index (κ1) is 17.9. The van der Waals surface area contributed by atoms with E-state index in [1.807, 2.05) is 30.3 Å². The molecule has 3 rings (SSSR count). The lowest BCUT2D eigenvalue weighted by Crippen LogP contribution is -2.20. The van der Waals surface area contributed by atoms with E-state index in [0.29, 0.717) is 11.8 Å². The largest absolute Gasteiger partial charge is 0.281 e. The summed E-state index contributed by atoms with van der Waals surface area (Å²) in [5.74, 6) is 1.10.